The fraction of sp³-hybridized carbons (Fsp3) is 0.154. The zero-order valence-electron chi connectivity index (χ0n) is 20.7. The molecule has 0 bridgehead atoms. The Balaban J connectivity index is 0.000000470. The number of fused-ring (bicyclic) bond motifs is 2. The van der Waals surface area contributed by atoms with Crippen molar-refractivity contribution in [1.82, 2.24) is 19.1 Å². The summed E-state index contributed by atoms with van der Waals surface area (Å²) in [4.78, 5) is 31.9. The number of aliphatic carboxylic acids is 1. The number of para-hydroxylation sites is 2. The van der Waals surface area contributed by atoms with Gasteiger partial charge in [0.25, 0.3) is 0 Å². The number of nitrogens with one attached hydrogen (secondary N) is 2. The summed E-state index contributed by atoms with van der Waals surface area (Å²) in [5.74, 6) is -2.69. The van der Waals surface area contributed by atoms with Crippen LogP contribution in [0.2, 0.25) is 0 Å². The first-order valence-electron chi connectivity index (χ1n) is 11.8. The highest BCUT2D eigenvalue weighted by molar-refractivity contribution is 5.97. The van der Waals surface area contributed by atoms with Crippen LogP contribution in [0.25, 0.3) is 38.8 Å². The Morgan fingerprint density at radius 2 is 1.75 bits per heavy atom. The van der Waals surface area contributed by atoms with Gasteiger partial charge < -0.3 is 26.1 Å². The van der Waals surface area contributed by atoms with Crippen molar-refractivity contribution in [2.24, 2.45) is 16.5 Å². The molecule has 0 unspecified atom stereocenters. The quantitative estimate of drug-likeness (QED) is 0.122. The summed E-state index contributed by atoms with van der Waals surface area (Å²) in [7, 11) is 0. The number of halogens is 3. The number of alkyl halides is 3. The molecule has 0 amide bonds. The molecule has 3 aromatic heterocycles. The monoisotopic (exact) mass is 552 g/mol. The summed E-state index contributed by atoms with van der Waals surface area (Å²) in [5.41, 5.74) is 14.6. The number of aromatic nitrogens is 4. The molecule has 0 fully saturated rings. The number of carbonyl (C=O) groups is 1. The third-order valence-electron chi connectivity index (χ3n) is 5.95. The number of carboxylic acid groups (broad SMARTS) is 1. The molecule has 5 aromatic rings. The van der Waals surface area contributed by atoms with E-state index < -0.39 is 12.1 Å². The Hall–Kier alpha value is -5.45. The summed E-state index contributed by atoms with van der Waals surface area (Å²) < 4.78 is 35.4. The summed E-state index contributed by atoms with van der Waals surface area (Å²) in [6.45, 7) is 1.19. The van der Waals surface area contributed by atoms with E-state index in [-0.39, 0.29) is 17.3 Å². The first kappa shape index (κ1) is 27.6. The predicted molar refractivity (Wildman–Crippen MR) is 143 cm³/mol. The van der Waals surface area contributed by atoms with Crippen molar-refractivity contribution in [2.45, 2.75) is 19.1 Å². The van der Waals surface area contributed by atoms with Gasteiger partial charge in [0.2, 0.25) is 0 Å². The van der Waals surface area contributed by atoms with E-state index in [1.807, 2.05) is 54.7 Å². The van der Waals surface area contributed by atoms with Crippen molar-refractivity contribution < 1.29 is 23.1 Å². The van der Waals surface area contributed by atoms with Crippen molar-refractivity contribution >= 4 is 33.7 Å². The van der Waals surface area contributed by atoms with E-state index in [2.05, 4.69) is 25.6 Å². The predicted octanol–water partition coefficient (Wildman–Crippen LogP) is 3.44. The summed E-state index contributed by atoms with van der Waals surface area (Å²) in [6.07, 6.45) is -0.572. The molecule has 40 heavy (non-hydrogen) atoms. The molecule has 14 heteroatoms. The average molecular weight is 553 g/mol. The number of carboxylic acids is 1. The van der Waals surface area contributed by atoms with Crippen LogP contribution in [-0.2, 0) is 11.3 Å². The lowest BCUT2D eigenvalue weighted by atomic mass is 10.1. The van der Waals surface area contributed by atoms with Gasteiger partial charge in [-0.05, 0) is 18.6 Å². The Kier molecular flexibility index (Phi) is 7.66. The molecule has 0 spiro atoms. The van der Waals surface area contributed by atoms with Crippen LogP contribution in [0.15, 0.2) is 70.7 Å². The number of aromatic amines is 2. The zero-order valence-corrected chi connectivity index (χ0v) is 20.7. The molecule has 2 aromatic carbocycles. The SMILES string of the molecule is N#Cc1[nH]c(=O)n(-c2c[nH]c3ccccc23)c1-c1cn(CCCN=C(N)N)c2ccccc12.O=C(O)C(F)(F)F. The van der Waals surface area contributed by atoms with E-state index in [4.69, 9.17) is 21.4 Å². The van der Waals surface area contributed by atoms with Crippen molar-refractivity contribution in [3.63, 3.8) is 0 Å². The third-order valence-corrected chi connectivity index (χ3v) is 5.95. The molecule has 0 saturated heterocycles. The Morgan fingerprint density at radius 3 is 2.40 bits per heavy atom. The van der Waals surface area contributed by atoms with Crippen LogP contribution in [0.5, 0.6) is 0 Å². The topological polar surface area (TPSA) is 184 Å². The van der Waals surface area contributed by atoms with Crippen LogP contribution in [-0.4, -0.2) is 48.9 Å². The summed E-state index contributed by atoms with van der Waals surface area (Å²) in [6, 6.07) is 17.8. The van der Waals surface area contributed by atoms with Gasteiger partial charge >= 0.3 is 17.8 Å². The maximum absolute atomic E-state index is 13.0. The molecule has 5 rings (SSSR count). The van der Waals surface area contributed by atoms with E-state index in [0.29, 0.717) is 24.5 Å². The maximum atomic E-state index is 13.0. The van der Waals surface area contributed by atoms with Crippen molar-refractivity contribution in [2.75, 3.05) is 6.54 Å². The Bertz CT molecular complexity index is 1810. The number of H-pyrrole nitrogens is 2. The molecule has 0 aliphatic heterocycles. The van der Waals surface area contributed by atoms with E-state index in [1.165, 1.54) is 0 Å². The normalized spacial score (nSPS) is 11.2. The van der Waals surface area contributed by atoms with E-state index >= 15 is 0 Å². The number of hydrogen-bond acceptors (Lipinski definition) is 4. The molecule has 7 N–H and O–H groups in total. The second-order valence-corrected chi connectivity index (χ2v) is 8.54. The summed E-state index contributed by atoms with van der Waals surface area (Å²) in [5, 5.41) is 18.8. The molecule has 0 atom stereocenters. The van der Waals surface area contributed by atoms with Gasteiger partial charge in [-0.2, -0.15) is 18.4 Å². The zero-order chi connectivity index (χ0) is 29.0. The lowest BCUT2D eigenvalue weighted by Crippen LogP contribution is -2.23. The number of aryl methyl sites for hydroxylation is 1. The van der Waals surface area contributed by atoms with Gasteiger partial charge in [0, 0.05) is 52.9 Å². The van der Waals surface area contributed by atoms with Crippen molar-refractivity contribution in [3.05, 3.63) is 77.1 Å². The van der Waals surface area contributed by atoms with Gasteiger partial charge in [-0.15, -0.1) is 0 Å². The minimum absolute atomic E-state index is 0.0711. The highest BCUT2D eigenvalue weighted by atomic mass is 19.4. The van der Waals surface area contributed by atoms with Crippen molar-refractivity contribution in [1.29, 1.82) is 5.26 Å². The van der Waals surface area contributed by atoms with Gasteiger partial charge in [0.1, 0.15) is 11.8 Å². The average Bonchev–Trinajstić information content (AvgIpc) is 3.59. The van der Waals surface area contributed by atoms with Gasteiger partial charge in [-0.1, -0.05) is 36.4 Å². The Labute approximate surface area is 223 Å². The van der Waals surface area contributed by atoms with Crippen LogP contribution in [0.4, 0.5) is 13.2 Å². The molecule has 0 saturated carbocycles. The van der Waals surface area contributed by atoms with Crippen LogP contribution in [0, 0.1) is 11.3 Å². The third kappa shape index (κ3) is 5.53. The van der Waals surface area contributed by atoms with Crippen LogP contribution in [0.3, 0.4) is 0 Å². The van der Waals surface area contributed by atoms with Gasteiger partial charge in [-0.25, -0.2) is 9.59 Å². The smallest absolute Gasteiger partial charge is 0.475 e. The number of nitrogens with two attached hydrogens (primary N) is 2. The van der Waals surface area contributed by atoms with E-state index in [9.17, 15) is 23.2 Å². The van der Waals surface area contributed by atoms with E-state index in [1.54, 1.807) is 10.8 Å². The minimum atomic E-state index is -5.08. The van der Waals surface area contributed by atoms with Crippen LogP contribution >= 0.6 is 0 Å². The number of aliphatic imine (C=N–C) groups is 1. The molecule has 11 nitrogen and oxygen atoms in total. The molecule has 3 heterocycles. The second-order valence-electron chi connectivity index (χ2n) is 8.54. The first-order chi connectivity index (χ1) is 19.0. The number of rotatable bonds is 6. The Morgan fingerprint density at radius 1 is 1.10 bits per heavy atom. The number of nitrogens with zero attached hydrogens (tertiary/aromatic N) is 4. The highest BCUT2D eigenvalue weighted by Crippen LogP contribution is 2.34. The number of nitriles is 1. The van der Waals surface area contributed by atoms with Gasteiger partial charge in [-0.3, -0.25) is 14.5 Å². The summed E-state index contributed by atoms with van der Waals surface area (Å²) >= 11 is 0. The lowest BCUT2D eigenvalue weighted by Gasteiger charge is -2.06. The molecule has 0 aliphatic rings. The molecule has 0 radical (unpaired) electrons. The molecule has 0 aliphatic carbocycles. The fourth-order valence-electron chi connectivity index (χ4n) is 4.31. The lowest BCUT2D eigenvalue weighted by molar-refractivity contribution is -0.192. The first-order valence-corrected chi connectivity index (χ1v) is 11.8. The van der Waals surface area contributed by atoms with Crippen LogP contribution < -0.4 is 17.2 Å². The number of imidazole rings is 1. The number of guanidine groups is 1. The van der Waals surface area contributed by atoms with Gasteiger partial charge in [0.05, 0.1) is 11.4 Å². The standard InChI is InChI=1S/C24H22N8O.C2HF3O2/c25-12-19-22(32(24(33)30-19)21-13-29-18-8-3-1-7-16(18)21)17-14-31(11-5-10-28-23(26)27)20-9-4-2-6-15(17)20;3-2(4,5)1(6)7/h1-4,6-9,13-14,29H,5,10-11H2,(H,30,33)(H4,26,27,28);(H,6,7). The van der Waals surface area contributed by atoms with Gasteiger partial charge in [0.15, 0.2) is 5.96 Å². The number of benzene rings is 2. The molecular weight excluding hydrogens is 529 g/mol. The number of hydrogen-bond donors (Lipinski definition) is 5. The van der Waals surface area contributed by atoms with Crippen LogP contribution in [0.1, 0.15) is 12.1 Å². The largest absolute Gasteiger partial charge is 0.490 e. The fourth-order valence-corrected chi connectivity index (χ4v) is 4.31. The molecule has 206 valence electrons. The minimum Gasteiger partial charge on any atom is -0.475 e. The van der Waals surface area contributed by atoms with E-state index in [0.717, 1.165) is 33.8 Å². The van der Waals surface area contributed by atoms with Crippen molar-refractivity contribution in [3.8, 4) is 23.0 Å². The molecular formula is C26H23F3N8O3. The highest BCUT2D eigenvalue weighted by Gasteiger charge is 2.38. The second kappa shape index (κ2) is 11.1. The maximum Gasteiger partial charge on any atom is 0.490 e.